The molecular weight excluding hydrogens is 454 g/mol. The molecule has 3 heterocycles. The number of hydrogen-bond donors (Lipinski definition) is 5. The minimum Gasteiger partial charge on any atom is -0.352 e. The average molecular weight is 477 g/mol. The lowest BCUT2D eigenvalue weighted by molar-refractivity contribution is -0.0316. The summed E-state index contributed by atoms with van der Waals surface area (Å²) in [5, 5.41) is 9.36. The lowest BCUT2D eigenvalue weighted by Gasteiger charge is -2.21. The van der Waals surface area contributed by atoms with E-state index in [0.29, 0.717) is 18.2 Å². The predicted molar refractivity (Wildman–Crippen MR) is 106 cm³/mol. The molecule has 0 saturated carbocycles. The number of aryl methyl sites for hydroxylation is 1. The van der Waals surface area contributed by atoms with Crippen molar-refractivity contribution in [3.8, 4) is 0 Å². The molecule has 3 rings (SSSR count). The van der Waals surface area contributed by atoms with Gasteiger partial charge in [-0.25, -0.2) is 19.9 Å². The number of nitrogens with one attached hydrogen (secondary N) is 3. The standard InChI is InChI=1S/C8H10N4O5S.C6H13N5O3/c1-10-6-3-11-4-7(5(6)2-9-10)12(8(11)13)17-18(14,15)16;1-8-4-11-14-6(13)10-3-2-9-5(7)12/h2,7H,3-4H2,1H3,(H,14,15,16);4H,2-3H2,1H3,(H,8,11)(H,10,13)(H3,7,9,12). The highest BCUT2D eigenvalue weighted by Gasteiger charge is 2.47. The number of hydroxylamine groups is 3. The molecule has 6 N–H and O–H groups in total. The predicted octanol–water partition coefficient (Wildman–Crippen LogP) is -2.01. The van der Waals surface area contributed by atoms with Gasteiger partial charge >= 0.3 is 28.6 Å². The van der Waals surface area contributed by atoms with Gasteiger partial charge < -0.3 is 26.1 Å². The summed E-state index contributed by atoms with van der Waals surface area (Å²) >= 11 is 0. The molecular formula is C14H23N9O8S. The van der Waals surface area contributed by atoms with Crippen molar-refractivity contribution in [3.05, 3.63) is 17.5 Å². The highest BCUT2D eigenvalue weighted by Crippen LogP contribution is 2.37. The van der Waals surface area contributed by atoms with E-state index in [9.17, 15) is 22.8 Å². The Bertz CT molecular complexity index is 979. The molecule has 1 aromatic heterocycles. The van der Waals surface area contributed by atoms with Gasteiger partial charge in [0.2, 0.25) is 0 Å². The summed E-state index contributed by atoms with van der Waals surface area (Å²) in [6.07, 6.45) is 2.11. The number of nitrogens with zero attached hydrogens (tertiary/aromatic N) is 5. The first-order valence-corrected chi connectivity index (χ1v) is 10.3. The molecule has 2 aliphatic rings. The van der Waals surface area contributed by atoms with Crippen molar-refractivity contribution in [2.24, 2.45) is 17.8 Å². The van der Waals surface area contributed by atoms with Gasteiger partial charge in [0.25, 0.3) is 0 Å². The zero-order valence-electron chi connectivity index (χ0n) is 17.1. The Morgan fingerprint density at radius 1 is 1.41 bits per heavy atom. The molecule has 0 aromatic carbocycles. The minimum absolute atomic E-state index is 0.229. The van der Waals surface area contributed by atoms with Gasteiger partial charge in [0.1, 0.15) is 12.4 Å². The fraction of sp³-hybridized carbons (Fsp3) is 0.500. The van der Waals surface area contributed by atoms with Gasteiger partial charge in [-0.1, -0.05) is 0 Å². The van der Waals surface area contributed by atoms with Crippen LogP contribution in [0, 0.1) is 0 Å². The largest absolute Gasteiger partial charge is 0.431 e. The number of aliphatic imine (C=N–C) groups is 1. The van der Waals surface area contributed by atoms with Crippen LogP contribution in [-0.4, -0.2) is 83.9 Å². The maximum atomic E-state index is 11.9. The third-order valence-electron chi connectivity index (χ3n) is 4.13. The van der Waals surface area contributed by atoms with Crippen LogP contribution in [0.3, 0.4) is 0 Å². The van der Waals surface area contributed by atoms with Crippen LogP contribution in [0.25, 0.3) is 0 Å². The van der Waals surface area contributed by atoms with Gasteiger partial charge in [0.05, 0.1) is 25.0 Å². The highest BCUT2D eigenvalue weighted by atomic mass is 32.3. The number of primary amides is 1. The summed E-state index contributed by atoms with van der Waals surface area (Å²) in [6.45, 7) is 1.12. The van der Waals surface area contributed by atoms with Gasteiger partial charge in [-0.2, -0.15) is 18.6 Å². The maximum absolute atomic E-state index is 11.9. The average Bonchev–Trinajstić information content (AvgIpc) is 3.19. The number of aromatic nitrogens is 2. The molecule has 1 fully saturated rings. The second-order valence-corrected chi connectivity index (χ2v) is 7.29. The highest BCUT2D eigenvalue weighted by molar-refractivity contribution is 7.80. The summed E-state index contributed by atoms with van der Waals surface area (Å²) in [6, 6.07) is -1.80. The van der Waals surface area contributed by atoms with E-state index in [-0.39, 0.29) is 13.1 Å². The molecule has 1 saturated heterocycles. The number of rotatable bonds is 7. The molecule has 0 spiro atoms. The third kappa shape index (κ3) is 6.68. The first-order chi connectivity index (χ1) is 15.0. The van der Waals surface area contributed by atoms with E-state index in [2.05, 4.69) is 35.3 Å². The van der Waals surface area contributed by atoms with Crippen molar-refractivity contribution < 1.29 is 36.5 Å². The van der Waals surface area contributed by atoms with Crippen LogP contribution in [0.1, 0.15) is 17.3 Å². The normalized spacial score (nSPS) is 16.8. The second kappa shape index (κ2) is 10.6. The number of carbonyl (C=O) groups is 3. The number of urea groups is 2. The molecule has 1 unspecified atom stereocenters. The van der Waals surface area contributed by atoms with Gasteiger partial charge in [-0.15, -0.1) is 4.28 Å². The van der Waals surface area contributed by atoms with Crippen LogP contribution in [-0.2, 0) is 33.1 Å². The number of fused-ring (bicyclic) bond motifs is 4. The number of hydrogen-bond acceptors (Lipinski definition) is 9. The summed E-state index contributed by atoms with van der Waals surface area (Å²) < 4.78 is 36.1. The first-order valence-electron chi connectivity index (χ1n) is 8.93. The van der Waals surface area contributed by atoms with Gasteiger partial charge in [-0.05, 0) is 0 Å². The Hall–Kier alpha value is -3.64. The van der Waals surface area contributed by atoms with E-state index in [4.69, 9.17) is 10.3 Å². The zero-order valence-corrected chi connectivity index (χ0v) is 17.9. The first kappa shape index (κ1) is 24.6. The molecule has 0 radical (unpaired) electrons. The van der Waals surface area contributed by atoms with E-state index in [1.807, 2.05) is 0 Å². The molecule has 0 aliphatic carbocycles. The Morgan fingerprint density at radius 2 is 2.09 bits per heavy atom. The fourth-order valence-corrected chi connectivity index (χ4v) is 3.20. The second-order valence-electron chi connectivity index (χ2n) is 6.29. The Morgan fingerprint density at radius 3 is 2.72 bits per heavy atom. The van der Waals surface area contributed by atoms with Crippen molar-refractivity contribution in [2.45, 2.75) is 12.6 Å². The van der Waals surface area contributed by atoms with Gasteiger partial charge in [0.15, 0.2) is 0 Å². The number of nitrogens with two attached hydrogens (primary N) is 1. The van der Waals surface area contributed by atoms with E-state index in [1.165, 1.54) is 18.3 Å². The zero-order chi connectivity index (χ0) is 23.9. The summed E-state index contributed by atoms with van der Waals surface area (Å²) in [7, 11) is -1.47. The van der Waals surface area contributed by atoms with E-state index >= 15 is 0 Å². The van der Waals surface area contributed by atoms with E-state index in [1.54, 1.807) is 17.9 Å². The summed E-state index contributed by atoms with van der Waals surface area (Å²) in [5.41, 5.74) is 8.50. The minimum atomic E-state index is -4.72. The lowest BCUT2D eigenvalue weighted by Crippen LogP contribution is -2.38. The third-order valence-corrected chi connectivity index (χ3v) is 4.48. The van der Waals surface area contributed by atoms with Crippen molar-refractivity contribution in [1.29, 1.82) is 0 Å². The summed E-state index contributed by atoms with van der Waals surface area (Å²) in [5.74, 6) is 0. The fourth-order valence-electron chi connectivity index (χ4n) is 2.83. The van der Waals surface area contributed by atoms with Crippen molar-refractivity contribution in [1.82, 2.24) is 35.9 Å². The van der Waals surface area contributed by atoms with Gasteiger partial charge in [-0.3, -0.25) is 14.2 Å². The molecule has 1 atom stereocenters. The molecule has 17 nitrogen and oxygen atoms in total. The Kier molecular flexibility index (Phi) is 8.15. The Balaban J connectivity index is 0.000000237. The lowest BCUT2D eigenvalue weighted by atomic mass is 10.1. The van der Waals surface area contributed by atoms with Crippen LogP contribution in [0.5, 0.6) is 0 Å². The van der Waals surface area contributed by atoms with Crippen LogP contribution in [0.15, 0.2) is 11.2 Å². The molecule has 178 valence electrons. The van der Waals surface area contributed by atoms with Gasteiger partial charge in [0, 0.05) is 32.7 Å². The number of carbonyl (C=O) groups excluding carboxylic acids is 3. The molecule has 18 heteroatoms. The quantitative estimate of drug-likeness (QED) is 0.0953. The monoisotopic (exact) mass is 477 g/mol. The molecule has 5 amide bonds. The van der Waals surface area contributed by atoms with Crippen molar-refractivity contribution in [2.75, 3.05) is 26.7 Å². The van der Waals surface area contributed by atoms with Crippen molar-refractivity contribution >= 4 is 34.9 Å². The van der Waals surface area contributed by atoms with Crippen LogP contribution in [0.2, 0.25) is 0 Å². The van der Waals surface area contributed by atoms with Crippen molar-refractivity contribution in [3.63, 3.8) is 0 Å². The maximum Gasteiger partial charge on any atom is 0.431 e. The van der Waals surface area contributed by atoms with E-state index < -0.39 is 34.6 Å². The molecule has 32 heavy (non-hydrogen) atoms. The smallest absolute Gasteiger partial charge is 0.352 e. The van der Waals surface area contributed by atoms with Crippen LogP contribution >= 0.6 is 0 Å². The Labute approximate surface area is 182 Å². The number of amides is 5. The van der Waals surface area contributed by atoms with Crippen LogP contribution in [0.4, 0.5) is 14.4 Å². The molecule has 2 bridgehead atoms. The summed E-state index contributed by atoms with van der Waals surface area (Å²) in [4.78, 5) is 42.2. The topological polar surface area (TPSA) is 223 Å². The SMILES string of the molecule is CN=CNOC(=O)NCCNC(N)=O.Cn1ncc2c1CN1CC2N(OS(=O)(=O)O)C1=O. The van der Waals surface area contributed by atoms with Crippen LogP contribution < -0.4 is 21.8 Å². The molecule has 1 aromatic rings. The van der Waals surface area contributed by atoms with E-state index in [0.717, 1.165) is 11.3 Å². The molecule has 2 aliphatic heterocycles.